The number of hydrogen-bond acceptors (Lipinski definition) is 3. The van der Waals surface area contributed by atoms with Gasteiger partial charge < -0.3 is 14.4 Å². The molecule has 0 aliphatic carbocycles. The Hall–Kier alpha value is -2.30. The zero-order valence-electron chi connectivity index (χ0n) is 12.0. The van der Waals surface area contributed by atoms with E-state index in [-0.39, 0.29) is 5.69 Å². The number of nitrogens with zero attached hydrogens (tertiary/aromatic N) is 2. The first-order valence-electron chi connectivity index (χ1n) is 7.25. The van der Waals surface area contributed by atoms with Crippen LogP contribution in [-0.2, 0) is 13.0 Å². The zero-order chi connectivity index (χ0) is 14.8. The summed E-state index contributed by atoms with van der Waals surface area (Å²) in [4.78, 5) is 15.3. The van der Waals surface area contributed by atoms with Crippen LogP contribution >= 0.6 is 0 Å². The molecule has 3 rings (SSSR count). The van der Waals surface area contributed by atoms with Crippen molar-refractivity contribution in [2.24, 2.45) is 0 Å². The van der Waals surface area contributed by atoms with Gasteiger partial charge >= 0.3 is 5.97 Å². The molecule has 0 spiro atoms. The van der Waals surface area contributed by atoms with E-state index in [2.05, 4.69) is 24.0 Å². The molecule has 2 aromatic rings. The molecule has 1 aliphatic heterocycles. The number of aromatic nitrogens is 2. The van der Waals surface area contributed by atoms with Gasteiger partial charge in [0.05, 0.1) is 12.1 Å². The number of carbonyl (C=O) groups is 1. The predicted octanol–water partition coefficient (Wildman–Crippen LogP) is 2.98. The van der Waals surface area contributed by atoms with Crippen molar-refractivity contribution >= 4 is 5.97 Å². The van der Waals surface area contributed by atoms with Gasteiger partial charge in [0.1, 0.15) is 18.2 Å². The first-order valence-corrected chi connectivity index (χ1v) is 7.25. The molecule has 0 atom stereocenters. The second-order valence-corrected chi connectivity index (χ2v) is 5.23. The van der Waals surface area contributed by atoms with E-state index in [0.717, 1.165) is 30.6 Å². The summed E-state index contributed by atoms with van der Waals surface area (Å²) in [5.41, 5.74) is 2.18. The van der Waals surface area contributed by atoms with Crippen LogP contribution in [0.15, 0.2) is 24.4 Å². The molecule has 5 heteroatoms. The molecule has 2 heterocycles. The van der Waals surface area contributed by atoms with Crippen LogP contribution in [0.1, 0.15) is 35.8 Å². The highest BCUT2D eigenvalue weighted by molar-refractivity contribution is 5.86. The van der Waals surface area contributed by atoms with E-state index >= 15 is 0 Å². The average Bonchev–Trinajstić information content (AvgIpc) is 2.82. The molecule has 0 bridgehead atoms. The third kappa shape index (κ3) is 2.63. The number of hydrogen-bond donors (Lipinski definition) is 1. The number of fused-ring (bicyclic) bond motifs is 3. The van der Waals surface area contributed by atoms with Gasteiger partial charge in [-0.25, -0.2) is 9.78 Å². The number of rotatable bonds is 4. The number of imidazole rings is 1. The summed E-state index contributed by atoms with van der Waals surface area (Å²) >= 11 is 0. The quantitative estimate of drug-likeness (QED) is 0.938. The van der Waals surface area contributed by atoms with Gasteiger partial charge in [0.2, 0.25) is 0 Å². The molecular formula is C16H18N2O3. The first kappa shape index (κ1) is 13.7. The largest absolute Gasteiger partial charge is 0.491 e. The maximum Gasteiger partial charge on any atom is 0.356 e. The summed E-state index contributed by atoms with van der Waals surface area (Å²) in [5.74, 6) is 0.462. The summed E-state index contributed by atoms with van der Waals surface area (Å²) < 4.78 is 7.65. The van der Waals surface area contributed by atoms with Crippen LogP contribution in [0.5, 0.6) is 5.75 Å². The summed E-state index contributed by atoms with van der Waals surface area (Å²) in [5, 5.41) is 9.09. The highest BCUT2D eigenvalue weighted by Crippen LogP contribution is 2.33. The van der Waals surface area contributed by atoms with Crippen molar-refractivity contribution in [3.8, 4) is 17.1 Å². The molecule has 0 unspecified atom stereocenters. The molecule has 21 heavy (non-hydrogen) atoms. The van der Waals surface area contributed by atoms with Crippen molar-refractivity contribution in [1.82, 2.24) is 9.55 Å². The Morgan fingerprint density at radius 3 is 3.10 bits per heavy atom. The van der Waals surface area contributed by atoms with E-state index in [1.54, 1.807) is 6.20 Å². The van der Waals surface area contributed by atoms with Crippen LogP contribution in [0, 0.1) is 0 Å². The molecule has 0 saturated heterocycles. The number of ether oxygens (including phenoxy) is 1. The van der Waals surface area contributed by atoms with Gasteiger partial charge in [0.15, 0.2) is 5.69 Å². The van der Waals surface area contributed by atoms with Gasteiger partial charge in [-0.3, -0.25) is 0 Å². The Bertz CT molecular complexity index is 676. The van der Waals surface area contributed by atoms with E-state index in [1.807, 2.05) is 10.6 Å². The third-order valence-corrected chi connectivity index (χ3v) is 3.69. The fourth-order valence-electron chi connectivity index (χ4n) is 2.57. The molecular weight excluding hydrogens is 268 g/mol. The van der Waals surface area contributed by atoms with Crippen LogP contribution < -0.4 is 4.74 Å². The Labute approximate surface area is 123 Å². The van der Waals surface area contributed by atoms with Crippen molar-refractivity contribution in [2.45, 2.75) is 32.7 Å². The minimum atomic E-state index is -1.00. The molecule has 1 N–H and O–H groups in total. The van der Waals surface area contributed by atoms with Crippen LogP contribution in [0.4, 0.5) is 0 Å². The predicted molar refractivity (Wildman–Crippen MR) is 78.7 cm³/mol. The minimum absolute atomic E-state index is 0.0768. The Balaban J connectivity index is 2.01. The number of carboxylic acids is 1. The molecule has 5 nitrogen and oxygen atoms in total. The highest BCUT2D eigenvalue weighted by atomic mass is 16.5. The van der Waals surface area contributed by atoms with Gasteiger partial charge in [-0.1, -0.05) is 19.4 Å². The lowest BCUT2D eigenvalue weighted by Crippen LogP contribution is -2.04. The highest BCUT2D eigenvalue weighted by Gasteiger charge is 2.20. The van der Waals surface area contributed by atoms with Crippen molar-refractivity contribution < 1.29 is 14.6 Å². The second kappa shape index (κ2) is 5.60. The standard InChI is InChI=1S/C16H18N2O3/c1-2-3-4-11-5-6-12-14(9-11)21-8-7-18-10-13(16(19)20)17-15(12)18/h5-6,9-10H,2-4,7-8H2,1H3,(H,19,20). The van der Waals surface area contributed by atoms with Gasteiger partial charge in [-0.05, 0) is 30.5 Å². The Morgan fingerprint density at radius 2 is 2.33 bits per heavy atom. The van der Waals surface area contributed by atoms with Crippen LogP contribution in [-0.4, -0.2) is 27.2 Å². The molecule has 1 aromatic carbocycles. The number of aryl methyl sites for hydroxylation is 1. The maximum atomic E-state index is 11.1. The molecule has 1 aromatic heterocycles. The number of benzene rings is 1. The molecule has 0 saturated carbocycles. The number of unbranched alkanes of at least 4 members (excludes halogenated alkanes) is 1. The zero-order valence-corrected chi connectivity index (χ0v) is 12.0. The molecule has 0 radical (unpaired) electrons. The van der Waals surface area contributed by atoms with Crippen molar-refractivity contribution in [2.75, 3.05) is 6.61 Å². The fraction of sp³-hybridized carbons (Fsp3) is 0.375. The van der Waals surface area contributed by atoms with Crippen LogP contribution in [0.25, 0.3) is 11.4 Å². The normalized spacial score (nSPS) is 13.0. The lowest BCUT2D eigenvalue weighted by Gasteiger charge is -2.08. The molecule has 0 fully saturated rings. The third-order valence-electron chi connectivity index (χ3n) is 3.69. The van der Waals surface area contributed by atoms with E-state index in [4.69, 9.17) is 9.84 Å². The summed E-state index contributed by atoms with van der Waals surface area (Å²) in [6.45, 7) is 3.30. The molecule has 110 valence electrons. The summed E-state index contributed by atoms with van der Waals surface area (Å²) in [6.07, 6.45) is 4.91. The Morgan fingerprint density at radius 1 is 1.48 bits per heavy atom. The number of aromatic carboxylic acids is 1. The average molecular weight is 286 g/mol. The smallest absolute Gasteiger partial charge is 0.356 e. The van der Waals surface area contributed by atoms with E-state index in [9.17, 15) is 4.79 Å². The van der Waals surface area contributed by atoms with Gasteiger partial charge in [-0.15, -0.1) is 0 Å². The van der Waals surface area contributed by atoms with E-state index in [1.165, 1.54) is 5.56 Å². The Kier molecular flexibility index (Phi) is 3.64. The van der Waals surface area contributed by atoms with Gasteiger partial charge in [0, 0.05) is 6.20 Å². The summed E-state index contributed by atoms with van der Waals surface area (Å²) in [6, 6.07) is 6.11. The van der Waals surface area contributed by atoms with Crippen LogP contribution in [0.2, 0.25) is 0 Å². The van der Waals surface area contributed by atoms with E-state index in [0.29, 0.717) is 19.0 Å². The second-order valence-electron chi connectivity index (χ2n) is 5.23. The first-order chi connectivity index (χ1) is 10.2. The lowest BCUT2D eigenvalue weighted by molar-refractivity contribution is 0.0691. The van der Waals surface area contributed by atoms with Gasteiger partial charge in [-0.2, -0.15) is 0 Å². The monoisotopic (exact) mass is 286 g/mol. The van der Waals surface area contributed by atoms with Crippen LogP contribution in [0.3, 0.4) is 0 Å². The SMILES string of the molecule is CCCCc1ccc2c(c1)OCCn1cc(C(=O)O)nc1-2. The number of carboxylic acid groups (broad SMARTS) is 1. The maximum absolute atomic E-state index is 11.1. The fourth-order valence-corrected chi connectivity index (χ4v) is 2.57. The molecule has 1 aliphatic rings. The minimum Gasteiger partial charge on any atom is -0.491 e. The summed E-state index contributed by atoms with van der Waals surface area (Å²) in [7, 11) is 0. The van der Waals surface area contributed by atoms with Crippen molar-refractivity contribution in [1.29, 1.82) is 0 Å². The van der Waals surface area contributed by atoms with Gasteiger partial charge in [0.25, 0.3) is 0 Å². The topological polar surface area (TPSA) is 64.3 Å². The van der Waals surface area contributed by atoms with Crippen molar-refractivity contribution in [3.63, 3.8) is 0 Å². The van der Waals surface area contributed by atoms with E-state index < -0.39 is 5.97 Å². The van der Waals surface area contributed by atoms with Crippen molar-refractivity contribution in [3.05, 3.63) is 35.7 Å². The lowest BCUT2D eigenvalue weighted by atomic mass is 10.0. The molecule has 0 amide bonds.